The Balaban J connectivity index is 0.000000810. The maximum atomic E-state index is 2.45. The Morgan fingerprint density at radius 2 is 2.10 bits per heavy atom. The third-order valence-corrected chi connectivity index (χ3v) is 2.40. The molecule has 0 amide bonds. The molecule has 0 bridgehead atoms. The number of hydrogen-bond donors (Lipinski definition) is 0. The number of rotatable bonds is 1. The summed E-state index contributed by atoms with van der Waals surface area (Å²) in [5, 5.41) is 0. The van der Waals surface area contributed by atoms with Gasteiger partial charge in [-0.05, 0) is 5.92 Å². The fourth-order valence-electron chi connectivity index (χ4n) is 1.58. The summed E-state index contributed by atoms with van der Waals surface area (Å²) in [4.78, 5) is 0. The second kappa shape index (κ2) is 6.34. The molecular formula is C9H17Rb. The van der Waals surface area contributed by atoms with Crippen molar-refractivity contribution in [2.45, 2.75) is 39.5 Å². The molecule has 0 N–H and O–H groups in total. The van der Waals surface area contributed by atoms with Crippen LogP contribution < -0.4 is 58.2 Å². The average Bonchev–Trinajstić information content (AvgIpc) is 1.90. The van der Waals surface area contributed by atoms with Crippen molar-refractivity contribution in [1.29, 1.82) is 0 Å². The van der Waals surface area contributed by atoms with E-state index in [1.807, 2.05) is 0 Å². The van der Waals surface area contributed by atoms with Crippen molar-refractivity contribution >= 4 is 0 Å². The first kappa shape index (κ1) is 11.8. The van der Waals surface area contributed by atoms with Gasteiger partial charge < -0.3 is 6.42 Å². The van der Waals surface area contributed by atoms with Crippen LogP contribution in [0.2, 0.25) is 0 Å². The van der Waals surface area contributed by atoms with Crippen molar-refractivity contribution in [2.24, 2.45) is 11.8 Å². The Morgan fingerprint density at radius 1 is 1.40 bits per heavy atom. The molecule has 0 aromatic heterocycles. The Hall–Kier alpha value is 1.81. The van der Waals surface area contributed by atoms with Gasteiger partial charge in [0, 0.05) is 0 Å². The van der Waals surface area contributed by atoms with Gasteiger partial charge >= 0.3 is 58.2 Å². The van der Waals surface area contributed by atoms with Crippen LogP contribution in [0.4, 0.5) is 0 Å². The van der Waals surface area contributed by atoms with Crippen LogP contribution >= 0.6 is 0 Å². The molecule has 0 radical (unpaired) electrons. The van der Waals surface area contributed by atoms with Gasteiger partial charge in [0.15, 0.2) is 0 Å². The fraction of sp³-hybridized carbons (Fsp3) is 0.889. The topological polar surface area (TPSA) is 0 Å². The minimum atomic E-state index is 0. The molecule has 0 aromatic rings. The van der Waals surface area contributed by atoms with Crippen molar-refractivity contribution in [3.05, 3.63) is 6.42 Å². The smallest absolute Gasteiger partial charge is 0.328 e. The van der Waals surface area contributed by atoms with E-state index in [-0.39, 0.29) is 58.2 Å². The van der Waals surface area contributed by atoms with E-state index >= 15 is 0 Å². The largest absolute Gasteiger partial charge is 1.00 e. The van der Waals surface area contributed by atoms with Crippen LogP contribution in [0.25, 0.3) is 0 Å². The Labute approximate surface area is 114 Å². The van der Waals surface area contributed by atoms with E-state index in [9.17, 15) is 0 Å². The maximum absolute atomic E-state index is 2.45. The SMILES string of the molecule is CC(C)C1C[CH-]CCC1.[Rb+]. The maximum Gasteiger partial charge on any atom is 1.00 e. The minimum Gasteiger partial charge on any atom is -0.328 e. The van der Waals surface area contributed by atoms with Gasteiger partial charge in [0.25, 0.3) is 0 Å². The van der Waals surface area contributed by atoms with Crippen molar-refractivity contribution in [1.82, 2.24) is 0 Å². The predicted octanol–water partition coefficient (Wildman–Crippen LogP) is 0.0409. The normalized spacial score (nSPS) is 26.1. The van der Waals surface area contributed by atoms with Gasteiger partial charge in [0.05, 0.1) is 0 Å². The van der Waals surface area contributed by atoms with Crippen LogP contribution in [0.1, 0.15) is 39.5 Å². The first-order chi connectivity index (χ1) is 4.30. The Bertz CT molecular complexity index is 72.8. The predicted molar refractivity (Wildman–Crippen MR) is 41.1 cm³/mol. The zero-order valence-electron chi connectivity index (χ0n) is 7.56. The summed E-state index contributed by atoms with van der Waals surface area (Å²) < 4.78 is 0. The standard InChI is InChI=1S/C9H17.Rb/c1-8(2)9-6-4-3-5-7-9;/h4,8-9H,3,5-7H2,1-2H3;/q-1;+1. The van der Waals surface area contributed by atoms with Crippen molar-refractivity contribution < 1.29 is 58.2 Å². The molecular weight excluding hydrogens is 194 g/mol. The van der Waals surface area contributed by atoms with Gasteiger partial charge in [-0.3, -0.25) is 0 Å². The van der Waals surface area contributed by atoms with Crippen molar-refractivity contribution in [2.75, 3.05) is 0 Å². The van der Waals surface area contributed by atoms with E-state index in [2.05, 4.69) is 20.3 Å². The molecule has 0 aliphatic heterocycles. The molecule has 1 fully saturated rings. The third-order valence-electron chi connectivity index (χ3n) is 2.40. The van der Waals surface area contributed by atoms with Gasteiger partial charge in [-0.25, -0.2) is 0 Å². The van der Waals surface area contributed by atoms with E-state index in [1.165, 1.54) is 25.7 Å². The second-order valence-electron chi connectivity index (χ2n) is 3.46. The summed E-state index contributed by atoms with van der Waals surface area (Å²) >= 11 is 0. The van der Waals surface area contributed by atoms with Crippen LogP contribution in [-0.4, -0.2) is 0 Å². The molecule has 54 valence electrons. The van der Waals surface area contributed by atoms with Crippen LogP contribution in [0.5, 0.6) is 0 Å². The fourth-order valence-corrected chi connectivity index (χ4v) is 1.58. The van der Waals surface area contributed by atoms with E-state index < -0.39 is 0 Å². The molecule has 1 atom stereocenters. The first-order valence-electron chi connectivity index (χ1n) is 4.12. The van der Waals surface area contributed by atoms with Crippen LogP contribution in [0.15, 0.2) is 0 Å². The van der Waals surface area contributed by atoms with Gasteiger partial charge in [0.2, 0.25) is 0 Å². The molecule has 0 aromatic carbocycles. The summed E-state index contributed by atoms with van der Waals surface area (Å²) in [6.45, 7) is 4.67. The summed E-state index contributed by atoms with van der Waals surface area (Å²) in [7, 11) is 0. The molecule has 0 saturated heterocycles. The van der Waals surface area contributed by atoms with Gasteiger partial charge in [0.1, 0.15) is 0 Å². The molecule has 1 rings (SSSR count). The summed E-state index contributed by atoms with van der Waals surface area (Å²) in [6.07, 6.45) is 8.09. The van der Waals surface area contributed by atoms with Gasteiger partial charge in [-0.2, -0.15) is 12.8 Å². The molecule has 0 nitrogen and oxygen atoms in total. The van der Waals surface area contributed by atoms with Crippen molar-refractivity contribution in [3.8, 4) is 0 Å². The summed E-state index contributed by atoms with van der Waals surface area (Å²) in [5.74, 6) is 1.90. The molecule has 1 heteroatoms. The third kappa shape index (κ3) is 3.99. The molecule has 1 saturated carbocycles. The minimum absolute atomic E-state index is 0. The molecule has 1 aliphatic carbocycles. The molecule has 1 unspecified atom stereocenters. The monoisotopic (exact) mass is 210 g/mol. The van der Waals surface area contributed by atoms with Crippen LogP contribution in [-0.2, 0) is 0 Å². The van der Waals surface area contributed by atoms with E-state index in [1.54, 1.807) is 0 Å². The van der Waals surface area contributed by atoms with Crippen LogP contribution in [0, 0.1) is 18.3 Å². The Kier molecular flexibility index (Phi) is 7.48. The zero-order valence-corrected chi connectivity index (χ0v) is 12.5. The number of hydrogen-bond acceptors (Lipinski definition) is 0. The van der Waals surface area contributed by atoms with Gasteiger partial charge in [-0.15, -0.1) is 0 Å². The molecule has 1 aliphatic rings. The van der Waals surface area contributed by atoms with Crippen molar-refractivity contribution in [3.63, 3.8) is 0 Å². The summed E-state index contributed by atoms with van der Waals surface area (Å²) in [6, 6.07) is 0. The molecule has 0 heterocycles. The first-order valence-corrected chi connectivity index (χ1v) is 4.12. The van der Waals surface area contributed by atoms with Crippen LogP contribution in [0.3, 0.4) is 0 Å². The summed E-state index contributed by atoms with van der Waals surface area (Å²) in [5.41, 5.74) is 0. The zero-order chi connectivity index (χ0) is 6.69. The molecule has 10 heavy (non-hydrogen) atoms. The van der Waals surface area contributed by atoms with E-state index in [0.717, 1.165) is 11.8 Å². The van der Waals surface area contributed by atoms with E-state index in [0.29, 0.717) is 0 Å². The van der Waals surface area contributed by atoms with Gasteiger partial charge in [-0.1, -0.05) is 32.6 Å². The Morgan fingerprint density at radius 3 is 2.40 bits per heavy atom. The average molecular weight is 211 g/mol. The quantitative estimate of drug-likeness (QED) is 0.537. The second-order valence-corrected chi connectivity index (χ2v) is 3.46. The van der Waals surface area contributed by atoms with E-state index in [4.69, 9.17) is 0 Å². The molecule has 0 spiro atoms.